The predicted octanol–water partition coefficient (Wildman–Crippen LogP) is 4.90. The van der Waals surface area contributed by atoms with Gasteiger partial charge >= 0.3 is 6.18 Å². The van der Waals surface area contributed by atoms with Crippen LogP contribution < -0.4 is 4.74 Å². The molecule has 3 rings (SSSR count). The molecule has 2 aromatic carbocycles. The fourth-order valence-corrected chi connectivity index (χ4v) is 4.07. The fraction of sp³-hybridized carbons (Fsp3) is 0.300. The molecule has 0 saturated carbocycles. The summed E-state index contributed by atoms with van der Waals surface area (Å²) in [5, 5.41) is 8.90. The third kappa shape index (κ3) is 4.09. The van der Waals surface area contributed by atoms with Gasteiger partial charge < -0.3 is 4.74 Å². The van der Waals surface area contributed by atoms with Crippen molar-refractivity contribution in [2.24, 2.45) is 5.41 Å². The van der Waals surface area contributed by atoms with Gasteiger partial charge in [0.25, 0.3) is 5.91 Å². The van der Waals surface area contributed by atoms with Crippen molar-refractivity contribution in [1.29, 1.82) is 5.26 Å². The van der Waals surface area contributed by atoms with Crippen molar-refractivity contribution < 1.29 is 22.7 Å². The number of benzene rings is 2. The van der Waals surface area contributed by atoms with Crippen LogP contribution in [0.2, 0.25) is 0 Å². The van der Waals surface area contributed by atoms with Crippen LogP contribution in [-0.2, 0) is 11.0 Å². The molecule has 1 fully saturated rings. The lowest BCUT2D eigenvalue weighted by atomic mass is 9.89. The second kappa shape index (κ2) is 7.40. The molecule has 4 nitrogen and oxygen atoms in total. The number of nitrogens with zero attached hydrogens (tertiary/aromatic N) is 2. The van der Waals surface area contributed by atoms with Crippen molar-refractivity contribution in [2.75, 3.05) is 6.54 Å². The van der Waals surface area contributed by atoms with E-state index < -0.39 is 28.8 Å². The molecular weight excluding hydrogens is 389 g/mol. The van der Waals surface area contributed by atoms with Crippen LogP contribution in [0.5, 0.6) is 5.75 Å². The van der Waals surface area contributed by atoms with E-state index in [0.29, 0.717) is 6.54 Å². The molecule has 0 bridgehead atoms. The Hall–Kier alpha value is -2.66. The van der Waals surface area contributed by atoms with Gasteiger partial charge in [0.15, 0.2) is 6.10 Å². The smallest absolute Gasteiger partial charge is 0.417 e. The van der Waals surface area contributed by atoms with E-state index in [-0.39, 0.29) is 11.7 Å². The van der Waals surface area contributed by atoms with E-state index in [4.69, 9.17) is 10.00 Å². The molecule has 0 radical (unpaired) electrons. The molecule has 2 aromatic rings. The topological polar surface area (TPSA) is 53.3 Å². The molecular formula is C20H17F3N2O2S. The number of rotatable bonds is 4. The zero-order valence-corrected chi connectivity index (χ0v) is 16.0. The normalized spacial score (nSPS) is 18.8. The van der Waals surface area contributed by atoms with Gasteiger partial charge in [0.05, 0.1) is 17.2 Å². The lowest BCUT2D eigenvalue weighted by Crippen LogP contribution is -2.36. The van der Waals surface area contributed by atoms with E-state index in [0.717, 1.165) is 17.0 Å². The number of amides is 1. The zero-order chi connectivity index (χ0) is 20.5. The van der Waals surface area contributed by atoms with Crippen LogP contribution in [0.25, 0.3) is 0 Å². The highest BCUT2D eigenvalue weighted by Crippen LogP contribution is 2.40. The first-order chi connectivity index (χ1) is 13.1. The minimum atomic E-state index is -4.69. The first kappa shape index (κ1) is 20.1. The van der Waals surface area contributed by atoms with Gasteiger partial charge in [-0.25, -0.2) is 0 Å². The van der Waals surface area contributed by atoms with E-state index in [1.165, 1.54) is 24.1 Å². The maximum atomic E-state index is 13.2. The summed E-state index contributed by atoms with van der Waals surface area (Å²) in [6.07, 6.45) is -5.62. The van der Waals surface area contributed by atoms with Gasteiger partial charge in [-0.1, -0.05) is 32.0 Å². The van der Waals surface area contributed by atoms with Gasteiger partial charge in [-0.15, -0.1) is 0 Å². The lowest BCUT2D eigenvalue weighted by molar-refractivity contribution is -0.137. The molecule has 1 unspecified atom stereocenters. The zero-order valence-electron chi connectivity index (χ0n) is 15.2. The number of ether oxygens (including phenoxy) is 1. The third-order valence-electron chi connectivity index (χ3n) is 4.36. The first-order valence-electron chi connectivity index (χ1n) is 8.44. The van der Waals surface area contributed by atoms with Crippen molar-refractivity contribution in [3.05, 3.63) is 59.7 Å². The van der Waals surface area contributed by atoms with E-state index >= 15 is 0 Å². The summed E-state index contributed by atoms with van der Waals surface area (Å²) in [5.41, 5.74) is -2.17. The van der Waals surface area contributed by atoms with Crippen LogP contribution in [-0.4, -0.2) is 22.9 Å². The Morgan fingerprint density at radius 3 is 2.50 bits per heavy atom. The van der Waals surface area contributed by atoms with Crippen LogP contribution >= 0.6 is 11.9 Å². The van der Waals surface area contributed by atoms with E-state index in [2.05, 4.69) is 0 Å². The quantitative estimate of drug-likeness (QED) is 0.678. The summed E-state index contributed by atoms with van der Waals surface area (Å²) in [6.45, 7) is 4.04. The van der Waals surface area contributed by atoms with Crippen LogP contribution in [0.4, 0.5) is 13.2 Å². The highest BCUT2D eigenvalue weighted by molar-refractivity contribution is 7.97. The summed E-state index contributed by atoms with van der Waals surface area (Å²) >= 11 is 1.27. The van der Waals surface area contributed by atoms with E-state index in [9.17, 15) is 18.0 Å². The second-order valence-electron chi connectivity index (χ2n) is 7.08. The van der Waals surface area contributed by atoms with Crippen LogP contribution in [0, 0.1) is 16.7 Å². The number of halogens is 3. The summed E-state index contributed by atoms with van der Waals surface area (Å²) < 4.78 is 46.8. The molecule has 0 aliphatic carbocycles. The predicted molar refractivity (Wildman–Crippen MR) is 98.4 cm³/mol. The number of carbonyl (C=O) groups is 1. The second-order valence-corrected chi connectivity index (χ2v) is 8.18. The molecule has 0 N–H and O–H groups in total. The Morgan fingerprint density at radius 1 is 1.21 bits per heavy atom. The first-order valence-corrected chi connectivity index (χ1v) is 9.21. The Labute approximate surface area is 165 Å². The molecule has 1 saturated heterocycles. The molecule has 0 aromatic heterocycles. The molecule has 1 heterocycles. The molecule has 28 heavy (non-hydrogen) atoms. The molecule has 1 aliphatic rings. The Morgan fingerprint density at radius 2 is 1.89 bits per heavy atom. The molecule has 1 amide bonds. The van der Waals surface area contributed by atoms with Gasteiger partial charge in [0.1, 0.15) is 5.75 Å². The molecule has 8 heteroatoms. The summed E-state index contributed by atoms with van der Waals surface area (Å²) in [5.74, 6) is -0.402. The maximum absolute atomic E-state index is 13.2. The van der Waals surface area contributed by atoms with Crippen molar-refractivity contribution in [3.8, 4) is 11.8 Å². The van der Waals surface area contributed by atoms with Gasteiger partial charge in [0, 0.05) is 16.9 Å². The van der Waals surface area contributed by atoms with Crippen molar-refractivity contribution in [2.45, 2.75) is 31.0 Å². The highest BCUT2D eigenvalue weighted by atomic mass is 32.2. The Bertz CT molecular complexity index is 923. The molecule has 146 valence electrons. The number of hydrogen-bond acceptors (Lipinski definition) is 4. The summed E-state index contributed by atoms with van der Waals surface area (Å²) in [4.78, 5) is 13.7. The largest absolute Gasteiger partial charge is 0.480 e. The average molecular weight is 406 g/mol. The van der Waals surface area contributed by atoms with Gasteiger partial charge in [-0.05, 0) is 42.3 Å². The van der Waals surface area contributed by atoms with Crippen LogP contribution in [0.3, 0.4) is 0 Å². The maximum Gasteiger partial charge on any atom is 0.417 e. The Kier molecular flexibility index (Phi) is 5.31. The summed E-state index contributed by atoms with van der Waals surface area (Å²) in [6, 6.07) is 14.0. The van der Waals surface area contributed by atoms with Gasteiger partial charge in [-0.3, -0.25) is 9.10 Å². The molecule has 0 spiro atoms. The monoisotopic (exact) mass is 406 g/mol. The standard InChI is InChI=1S/C20H17F3N2O2S/c1-19(2)12-25(28-15-6-4-3-5-7-15)18(26)17(19)27-14-9-8-13(11-24)16(10-14)20(21,22)23/h3-10,17H,12H2,1-2H3. The van der Waals surface area contributed by atoms with Gasteiger partial charge in [0.2, 0.25) is 0 Å². The minimum absolute atomic E-state index is 0.0932. The number of carbonyl (C=O) groups excluding carboxylic acids is 1. The third-order valence-corrected chi connectivity index (χ3v) is 5.37. The molecule has 1 atom stereocenters. The highest BCUT2D eigenvalue weighted by Gasteiger charge is 2.49. The SMILES string of the molecule is CC1(C)CN(Sc2ccccc2)C(=O)C1Oc1ccc(C#N)c(C(F)(F)F)c1. The van der Waals surface area contributed by atoms with E-state index in [1.54, 1.807) is 4.31 Å². The van der Waals surface area contributed by atoms with Gasteiger partial charge in [-0.2, -0.15) is 18.4 Å². The number of nitriles is 1. The number of hydrogen-bond donors (Lipinski definition) is 0. The lowest BCUT2D eigenvalue weighted by Gasteiger charge is -2.24. The molecule has 1 aliphatic heterocycles. The fourth-order valence-electron chi connectivity index (χ4n) is 2.96. The summed E-state index contributed by atoms with van der Waals surface area (Å²) in [7, 11) is 0. The van der Waals surface area contributed by atoms with Crippen molar-refractivity contribution >= 4 is 17.9 Å². The van der Waals surface area contributed by atoms with E-state index in [1.807, 2.05) is 44.2 Å². The number of alkyl halides is 3. The van der Waals surface area contributed by atoms with Crippen LogP contribution in [0.1, 0.15) is 25.0 Å². The van der Waals surface area contributed by atoms with Crippen molar-refractivity contribution in [1.82, 2.24) is 4.31 Å². The average Bonchev–Trinajstić information content (AvgIpc) is 2.84. The van der Waals surface area contributed by atoms with Crippen molar-refractivity contribution in [3.63, 3.8) is 0 Å². The minimum Gasteiger partial charge on any atom is -0.480 e. The van der Waals surface area contributed by atoms with Crippen LogP contribution in [0.15, 0.2) is 53.4 Å². The Balaban J connectivity index is 1.84.